The van der Waals surface area contributed by atoms with Gasteiger partial charge in [0.1, 0.15) is 5.65 Å². The van der Waals surface area contributed by atoms with Crippen LogP contribution in [0.15, 0.2) is 29.0 Å². The van der Waals surface area contributed by atoms with Crippen LogP contribution in [0.2, 0.25) is 0 Å². The molecule has 0 aliphatic carbocycles. The summed E-state index contributed by atoms with van der Waals surface area (Å²) in [5.41, 5.74) is 2.19. The normalized spacial score (nSPS) is 10.7. The summed E-state index contributed by atoms with van der Waals surface area (Å²) >= 11 is 3.46. The molecule has 0 amide bonds. The Morgan fingerprint density at radius 1 is 1.40 bits per heavy atom. The zero-order valence-corrected chi connectivity index (χ0v) is 11.0. The van der Waals surface area contributed by atoms with Crippen molar-refractivity contribution in [3.8, 4) is 0 Å². The quantitative estimate of drug-likeness (QED) is 0.847. The van der Waals surface area contributed by atoms with Crippen molar-refractivity contribution in [2.45, 2.75) is 6.54 Å². The summed E-state index contributed by atoms with van der Waals surface area (Å²) in [6, 6.07) is 4.00. The molecule has 0 radical (unpaired) electrons. The molecule has 3 nitrogen and oxygen atoms in total. The summed E-state index contributed by atoms with van der Waals surface area (Å²) in [4.78, 5) is 6.46. The largest absolute Gasteiger partial charge is 0.304 e. The lowest BCUT2D eigenvalue weighted by Gasteiger charge is -2.08. The fourth-order valence-electron chi connectivity index (χ4n) is 1.45. The number of rotatable bonds is 2. The molecule has 0 N–H and O–H groups in total. The molecule has 0 saturated carbocycles. The molecule has 0 aliphatic heterocycles. The minimum atomic E-state index is 0. The average molecular weight is 291 g/mol. The van der Waals surface area contributed by atoms with Gasteiger partial charge in [-0.2, -0.15) is 0 Å². The van der Waals surface area contributed by atoms with Gasteiger partial charge in [0.2, 0.25) is 0 Å². The van der Waals surface area contributed by atoms with Crippen molar-refractivity contribution in [1.82, 2.24) is 14.3 Å². The van der Waals surface area contributed by atoms with Crippen LogP contribution in [0.4, 0.5) is 0 Å². The number of hydrogen-bond acceptors (Lipinski definition) is 2. The number of imidazole rings is 1. The first kappa shape index (κ1) is 12.5. The second-order valence-electron chi connectivity index (χ2n) is 3.56. The molecule has 0 atom stereocenters. The smallest absolute Gasteiger partial charge is 0.136 e. The average Bonchev–Trinajstić information content (AvgIpc) is 2.47. The topological polar surface area (TPSA) is 20.5 Å². The van der Waals surface area contributed by atoms with Gasteiger partial charge < -0.3 is 9.30 Å². The maximum absolute atomic E-state index is 4.33. The Bertz CT molecular complexity index is 453. The van der Waals surface area contributed by atoms with Crippen molar-refractivity contribution in [3.05, 3.63) is 34.7 Å². The Kier molecular flexibility index (Phi) is 4.13. The van der Waals surface area contributed by atoms with E-state index in [1.165, 1.54) is 5.69 Å². The van der Waals surface area contributed by atoms with Crippen LogP contribution in [0, 0.1) is 0 Å². The molecule has 2 aromatic heterocycles. The van der Waals surface area contributed by atoms with Crippen molar-refractivity contribution in [3.63, 3.8) is 0 Å². The Morgan fingerprint density at radius 2 is 2.13 bits per heavy atom. The molecule has 0 unspecified atom stereocenters. The molecule has 0 bridgehead atoms. The van der Waals surface area contributed by atoms with Crippen LogP contribution in [0.3, 0.4) is 0 Å². The van der Waals surface area contributed by atoms with Gasteiger partial charge >= 0.3 is 0 Å². The molecule has 82 valence electrons. The van der Waals surface area contributed by atoms with E-state index in [-0.39, 0.29) is 12.4 Å². The van der Waals surface area contributed by atoms with Gasteiger partial charge in [-0.05, 0) is 42.2 Å². The van der Waals surface area contributed by atoms with Gasteiger partial charge in [-0.3, -0.25) is 0 Å². The zero-order chi connectivity index (χ0) is 10.1. The number of aromatic nitrogens is 2. The molecule has 2 heterocycles. The van der Waals surface area contributed by atoms with E-state index in [0.29, 0.717) is 0 Å². The number of nitrogens with zero attached hydrogens (tertiary/aromatic N) is 3. The maximum Gasteiger partial charge on any atom is 0.136 e. The molecule has 0 aliphatic rings. The number of halogens is 2. The van der Waals surface area contributed by atoms with Crippen LogP contribution in [0.5, 0.6) is 0 Å². The van der Waals surface area contributed by atoms with Gasteiger partial charge in [-0.1, -0.05) is 0 Å². The van der Waals surface area contributed by atoms with Crippen LogP contribution in [-0.4, -0.2) is 28.4 Å². The molecule has 5 heteroatoms. The first-order valence-electron chi connectivity index (χ1n) is 4.43. The molecule has 2 rings (SSSR count). The highest BCUT2D eigenvalue weighted by Gasteiger charge is 2.03. The van der Waals surface area contributed by atoms with Crippen LogP contribution < -0.4 is 0 Å². The minimum Gasteiger partial charge on any atom is -0.304 e. The molecular weight excluding hydrogens is 277 g/mol. The first-order chi connectivity index (χ1) is 6.66. The van der Waals surface area contributed by atoms with E-state index >= 15 is 0 Å². The second kappa shape index (κ2) is 4.96. The van der Waals surface area contributed by atoms with Gasteiger partial charge in [-0.25, -0.2) is 4.98 Å². The van der Waals surface area contributed by atoms with Gasteiger partial charge in [0.25, 0.3) is 0 Å². The van der Waals surface area contributed by atoms with E-state index in [2.05, 4.69) is 44.3 Å². The van der Waals surface area contributed by atoms with Crippen molar-refractivity contribution < 1.29 is 0 Å². The second-order valence-corrected chi connectivity index (χ2v) is 4.48. The fourth-order valence-corrected chi connectivity index (χ4v) is 1.78. The Labute approximate surface area is 104 Å². The number of hydrogen-bond donors (Lipinski definition) is 0. The lowest BCUT2D eigenvalue weighted by atomic mass is 10.4. The minimum absolute atomic E-state index is 0. The molecule has 0 fully saturated rings. The van der Waals surface area contributed by atoms with Crippen molar-refractivity contribution in [2.24, 2.45) is 0 Å². The third kappa shape index (κ3) is 2.71. The van der Waals surface area contributed by atoms with Crippen LogP contribution in [-0.2, 0) is 6.54 Å². The summed E-state index contributed by atoms with van der Waals surface area (Å²) in [7, 11) is 4.11. The summed E-state index contributed by atoms with van der Waals surface area (Å²) in [5.74, 6) is 0. The molecular formula is C10H13BrClN3. The molecule has 0 aromatic carbocycles. The number of pyridine rings is 1. The molecule has 15 heavy (non-hydrogen) atoms. The highest BCUT2D eigenvalue weighted by Crippen LogP contribution is 2.14. The van der Waals surface area contributed by atoms with Crippen molar-refractivity contribution in [1.29, 1.82) is 0 Å². The van der Waals surface area contributed by atoms with Crippen LogP contribution in [0.25, 0.3) is 5.65 Å². The van der Waals surface area contributed by atoms with E-state index in [1.807, 2.05) is 24.5 Å². The highest BCUT2D eigenvalue weighted by atomic mass is 79.9. The molecule has 2 aromatic rings. The van der Waals surface area contributed by atoms with Gasteiger partial charge in [0.15, 0.2) is 0 Å². The Morgan fingerprint density at radius 3 is 2.80 bits per heavy atom. The zero-order valence-electron chi connectivity index (χ0n) is 8.64. The lowest BCUT2D eigenvalue weighted by molar-refractivity contribution is 0.395. The lowest BCUT2D eigenvalue weighted by Crippen LogP contribution is -2.12. The molecule has 0 saturated heterocycles. The predicted molar refractivity (Wildman–Crippen MR) is 67.5 cm³/mol. The summed E-state index contributed by atoms with van der Waals surface area (Å²) in [6.45, 7) is 0.900. The standard InChI is InChI=1S/C10H12BrN3.ClH/c1-13(2)7-9-5-12-10-4-3-8(11)6-14(9)10;/h3-6H,7H2,1-2H3;1H. The first-order valence-corrected chi connectivity index (χ1v) is 5.22. The van der Waals surface area contributed by atoms with Crippen molar-refractivity contribution >= 4 is 34.0 Å². The van der Waals surface area contributed by atoms with Crippen molar-refractivity contribution in [2.75, 3.05) is 14.1 Å². The van der Waals surface area contributed by atoms with Crippen LogP contribution >= 0.6 is 28.3 Å². The highest BCUT2D eigenvalue weighted by molar-refractivity contribution is 9.10. The van der Waals surface area contributed by atoms with E-state index in [0.717, 1.165) is 16.7 Å². The van der Waals surface area contributed by atoms with Crippen LogP contribution in [0.1, 0.15) is 5.69 Å². The van der Waals surface area contributed by atoms with E-state index in [1.54, 1.807) is 0 Å². The van der Waals surface area contributed by atoms with Gasteiger partial charge in [0.05, 0.1) is 11.9 Å². The van der Waals surface area contributed by atoms with E-state index in [9.17, 15) is 0 Å². The van der Waals surface area contributed by atoms with E-state index in [4.69, 9.17) is 0 Å². The fraction of sp³-hybridized carbons (Fsp3) is 0.300. The Balaban J connectivity index is 0.00000112. The Hall–Kier alpha value is -0.580. The summed E-state index contributed by atoms with van der Waals surface area (Å²) in [6.07, 6.45) is 3.96. The predicted octanol–water partition coefficient (Wildman–Crippen LogP) is 2.58. The van der Waals surface area contributed by atoms with Gasteiger partial charge in [-0.15, -0.1) is 12.4 Å². The third-order valence-corrected chi connectivity index (χ3v) is 2.49. The summed E-state index contributed by atoms with van der Waals surface area (Å²) in [5, 5.41) is 0. The van der Waals surface area contributed by atoms with E-state index < -0.39 is 0 Å². The monoisotopic (exact) mass is 289 g/mol. The summed E-state index contributed by atoms with van der Waals surface area (Å²) < 4.78 is 3.17. The molecule has 0 spiro atoms. The third-order valence-electron chi connectivity index (χ3n) is 2.02. The SMILES string of the molecule is CN(C)Cc1cnc2ccc(Br)cn12.Cl. The maximum atomic E-state index is 4.33. The number of fused-ring (bicyclic) bond motifs is 1. The van der Waals surface area contributed by atoms with Gasteiger partial charge in [0, 0.05) is 17.2 Å².